The van der Waals surface area contributed by atoms with E-state index in [2.05, 4.69) is 11.1 Å². The smallest absolute Gasteiger partial charge is 0.332 e. The van der Waals surface area contributed by atoms with Crippen molar-refractivity contribution in [1.29, 1.82) is 0 Å². The molecule has 4 aromatic rings. The lowest BCUT2D eigenvalue weighted by Gasteiger charge is -2.40. The summed E-state index contributed by atoms with van der Waals surface area (Å²) >= 11 is 1.62. The lowest BCUT2D eigenvalue weighted by molar-refractivity contribution is -0.125. The number of thioether (sulfide) groups is 1. The first-order valence-electron chi connectivity index (χ1n) is 11.5. The lowest BCUT2D eigenvalue weighted by atomic mass is 9.78. The lowest BCUT2D eigenvalue weighted by Crippen LogP contribution is -2.50. The monoisotopic (exact) mass is 483 g/mol. The summed E-state index contributed by atoms with van der Waals surface area (Å²) < 4.78 is 5.71. The predicted octanol–water partition coefficient (Wildman–Crippen LogP) is 5.73. The van der Waals surface area contributed by atoms with E-state index < -0.39 is 5.54 Å². The fourth-order valence-electron chi connectivity index (χ4n) is 5.59. The van der Waals surface area contributed by atoms with Gasteiger partial charge in [0.1, 0.15) is 5.75 Å². The third kappa shape index (κ3) is 2.97. The minimum Gasteiger partial charge on any atom is -0.496 e. The topological polar surface area (TPSA) is 65.6 Å². The van der Waals surface area contributed by atoms with E-state index in [1.54, 1.807) is 23.8 Å². The molecule has 0 unspecified atom stereocenters. The minimum atomic E-state index is -1.14. The number of urea groups is 1. The second kappa shape index (κ2) is 7.92. The summed E-state index contributed by atoms with van der Waals surface area (Å²) in [5.41, 5.74) is 3.20. The second-order valence-electron chi connectivity index (χ2n) is 9.06. The van der Waals surface area contributed by atoms with Crippen molar-refractivity contribution in [2.45, 2.75) is 23.3 Å². The molecule has 2 atom stereocenters. The highest BCUT2D eigenvalue weighted by molar-refractivity contribution is 7.98. The Kier molecular flexibility index (Phi) is 4.93. The molecular formula is C28H25N3O3S. The Hall–Kier alpha value is -3.71. The molecule has 0 radical (unpaired) electrons. The number of rotatable bonds is 4. The van der Waals surface area contributed by atoms with E-state index in [9.17, 15) is 9.59 Å². The molecule has 6 rings (SSSR count). The number of aromatic nitrogens is 1. The number of benzene rings is 3. The number of anilines is 1. The number of H-pyrrole nitrogens is 1. The molecule has 1 saturated heterocycles. The number of carbonyl (C=O) groups excluding carboxylic acids is 2. The number of hydrogen-bond acceptors (Lipinski definition) is 4. The quantitative estimate of drug-likeness (QED) is 0.297. The molecule has 176 valence electrons. The average molecular weight is 484 g/mol. The highest BCUT2D eigenvalue weighted by atomic mass is 32.2. The van der Waals surface area contributed by atoms with Crippen LogP contribution >= 0.6 is 11.8 Å². The van der Waals surface area contributed by atoms with Crippen molar-refractivity contribution in [3.63, 3.8) is 0 Å². The predicted molar refractivity (Wildman–Crippen MR) is 138 cm³/mol. The molecule has 3 heterocycles. The largest absolute Gasteiger partial charge is 0.496 e. The van der Waals surface area contributed by atoms with Gasteiger partial charge in [0, 0.05) is 33.8 Å². The maximum absolute atomic E-state index is 14.0. The zero-order valence-electron chi connectivity index (χ0n) is 19.7. The molecule has 35 heavy (non-hydrogen) atoms. The number of carbonyl (C=O) groups is 2. The van der Waals surface area contributed by atoms with E-state index in [4.69, 9.17) is 4.74 Å². The van der Waals surface area contributed by atoms with Gasteiger partial charge < -0.3 is 14.6 Å². The number of aromatic amines is 1. The van der Waals surface area contributed by atoms with Crippen LogP contribution in [0.4, 0.5) is 10.5 Å². The Labute approximate surface area is 207 Å². The van der Waals surface area contributed by atoms with Crippen molar-refractivity contribution in [3.8, 4) is 5.75 Å². The molecule has 0 bridgehead atoms. The Morgan fingerprint density at radius 2 is 1.71 bits per heavy atom. The molecule has 6 nitrogen and oxygen atoms in total. The van der Waals surface area contributed by atoms with Crippen molar-refractivity contribution in [2.75, 3.05) is 24.8 Å². The van der Waals surface area contributed by atoms with Crippen LogP contribution in [0.15, 0.2) is 77.7 Å². The summed E-state index contributed by atoms with van der Waals surface area (Å²) in [4.78, 5) is 35.5. The molecule has 7 heteroatoms. The minimum absolute atomic E-state index is 0.152. The van der Waals surface area contributed by atoms with Crippen LogP contribution in [0.25, 0.3) is 10.9 Å². The van der Waals surface area contributed by atoms with Gasteiger partial charge in [-0.15, -0.1) is 11.8 Å². The number of fused-ring (bicyclic) bond motifs is 5. The van der Waals surface area contributed by atoms with Crippen LogP contribution in [0.1, 0.15) is 29.7 Å². The van der Waals surface area contributed by atoms with Crippen molar-refractivity contribution in [3.05, 3.63) is 89.6 Å². The van der Waals surface area contributed by atoms with Gasteiger partial charge >= 0.3 is 6.03 Å². The number of methoxy groups -OCH3 is 1. The summed E-state index contributed by atoms with van der Waals surface area (Å²) in [6.07, 6.45) is 2.00. The van der Waals surface area contributed by atoms with Gasteiger partial charge in [-0.3, -0.25) is 4.79 Å². The van der Waals surface area contributed by atoms with Crippen molar-refractivity contribution in [2.24, 2.45) is 0 Å². The molecule has 1 aromatic heterocycles. The van der Waals surface area contributed by atoms with Crippen LogP contribution in [0.5, 0.6) is 5.75 Å². The number of amides is 3. The van der Waals surface area contributed by atoms with Gasteiger partial charge in [-0.25, -0.2) is 9.69 Å². The van der Waals surface area contributed by atoms with Gasteiger partial charge in [0.15, 0.2) is 5.54 Å². The van der Waals surface area contributed by atoms with Gasteiger partial charge in [0.05, 0.1) is 18.5 Å². The van der Waals surface area contributed by atoms with Gasteiger partial charge in [-0.2, -0.15) is 0 Å². The zero-order valence-corrected chi connectivity index (χ0v) is 20.6. The average Bonchev–Trinajstić information content (AvgIpc) is 3.38. The van der Waals surface area contributed by atoms with Crippen molar-refractivity contribution in [1.82, 2.24) is 9.88 Å². The fraction of sp³-hybridized carbons (Fsp3) is 0.214. The Morgan fingerprint density at radius 1 is 1.00 bits per heavy atom. The second-order valence-corrected chi connectivity index (χ2v) is 9.94. The van der Waals surface area contributed by atoms with E-state index in [-0.39, 0.29) is 17.9 Å². The molecule has 1 fully saturated rings. The normalized spacial score (nSPS) is 21.4. The van der Waals surface area contributed by atoms with Crippen LogP contribution in [-0.2, 0) is 10.3 Å². The molecule has 2 aliphatic rings. The van der Waals surface area contributed by atoms with Crippen LogP contribution in [-0.4, -0.2) is 41.7 Å². The Balaban J connectivity index is 1.57. The van der Waals surface area contributed by atoms with Gasteiger partial charge in [0.25, 0.3) is 5.91 Å². The van der Waals surface area contributed by atoms with E-state index in [0.717, 1.165) is 38.4 Å². The summed E-state index contributed by atoms with van der Waals surface area (Å²) in [5, 5.41) is 1.06. The van der Waals surface area contributed by atoms with Gasteiger partial charge in [-0.05, 0) is 55.1 Å². The molecule has 2 aliphatic heterocycles. The van der Waals surface area contributed by atoms with Crippen LogP contribution in [0.2, 0.25) is 0 Å². The zero-order chi connectivity index (χ0) is 24.3. The molecule has 0 spiro atoms. The first-order chi connectivity index (χ1) is 17.0. The first-order valence-corrected chi connectivity index (χ1v) is 12.8. The van der Waals surface area contributed by atoms with Gasteiger partial charge in [-0.1, -0.05) is 36.4 Å². The maximum Gasteiger partial charge on any atom is 0.332 e. The Morgan fingerprint density at radius 3 is 2.46 bits per heavy atom. The summed E-state index contributed by atoms with van der Waals surface area (Å²) in [6, 6.07) is 23.2. The number of para-hydroxylation sites is 2. The first kappa shape index (κ1) is 21.8. The summed E-state index contributed by atoms with van der Waals surface area (Å²) in [6.45, 7) is 2.23. The highest BCUT2D eigenvalue weighted by Gasteiger charge is 2.60. The standard InChI is InChI=1S/C28H25N3O3S/c1-28-25-24(20-9-4-6-10-22(20)29-25)21(19-8-5-7-11-23(19)34-2)16-30(28)27(33)31(26(28)32)17-12-14-18(35-3)15-13-17/h4-15,21,29H,16H2,1-3H3/t21-,28-/m0/s1. The number of imide groups is 1. The van der Waals surface area contributed by atoms with Crippen molar-refractivity contribution >= 4 is 40.3 Å². The SMILES string of the molecule is COc1ccccc1[C@@H]1CN2C(=O)N(c3ccc(SC)cc3)C(=O)[C@]2(C)c2[nH]c3ccccc3c21. The molecular weight excluding hydrogens is 458 g/mol. The summed E-state index contributed by atoms with van der Waals surface area (Å²) in [7, 11) is 1.66. The van der Waals surface area contributed by atoms with E-state index in [1.807, 2.05) is 79.9 Å². The highest BCUT2D eigenvalue weighted by Crippen LogP contribution is 2.51. The van der Waals surface area contributed by atoms with Crippen molar-refractivity contribution < 1.29 is 14.3 Å². The molecule has 0 aliphatic carbocycles. The van der Waals surface area contributed by atoms with Crippen LogP contribution in [0, 0.1) is 0 Å². The maximum atomic E-state index is 14.0. The van der Waals surface area contributed by atoms with E-state index in [1.165, 1.54) is 4.90 Å². The van der Waals surface area contributed by atoms with E-state index >= 15 is 0 Å². The molecule has 3 amide bonds. The molecule has 1 N–H and O–H groups in total. The molecule has 0 saturated carbocycles. The molecule has 3 aromatic carbocycles. The third-order valence-corrected chi connectivity index (χ3v) is 8.12. The number of nitrogens with one attached hydrogen (secondary N) is 1. The van der Waals surface area contributed by atoms with Crippen LogP contribution < -0.4 is 9.64 Å². The summed E-state index contributed by atoms with van der Waals surface area (Å²) in [5.74, 6) is 0.367. The number of hydrogen-bond donors (Lipinski definition) is 1. The Bertz CT molecular complexity index is 1480. The van der Waals surface area contributed by atoms with Gasteiger partial charge in [0.2, 0.25) is 0 Å². The number of nitrogens with zero attached hydrogens (tertiary/aromatic N) is 2. The third-order valence-electron chi connectivity index (χ3n) is 7.37. The number of ether oxygens (including phenoxy) is 1. The fourth-order valence-corrected chi connectivity index (χ4v) is 5.99. The van der Waals surface area contributed by atoms with Crippen LogP contribution in [0.3, 0.4) is 0 Å². The van der Waals surface area contributed by atoms with E-state index in [0.29, 0.717) is 12.2 Å².